The summed E-state index contributed by atoms with van der Waals surface area (Å²) in [5, 5.41) is 7.84. The van der Waals surface area contributed by atoms with Crippen molar-refractivity contribution < 1.29 is 38.2 Å². The standard InChI is InChI=1S/C33H43N5O8/c1-19(2)28(29(40)34-20(3)30(41)38-15-7-8-26(37-38)31(42)44-6)36-32(43)33(17-45-18-33)14-13-23-9-10-24-11-12-25(35-27(24)16-23)21(4)46-22(5)39/h9-14,16,19-21,26,28,37H,7-8,15,17-18H2,1-6H3,(H,34,40)(H,36,43)/b14-13+/t20?,21-,26?,28?/m1/s1. The topological polar surface area (TPSA) is 165 Å². The van der Waals surface area contributed by atoms with E-state index in [0.717, 1.165) is 10.9 Å². The maximum absolute atomic E-state index is 13.6. The largest absolute Gasteiger partial charge is 0.468 e. The van der Waals surface area contributed by atoms with Gasteiger partial charge in [-0.1, -0.05) is 44.2 Å². The zero-order chi connectivity index (χ0) is 33.6. The van der Waals surface area contributed by atoms with Gasteiger partial charge >= 0.3 is 11.9 Å². The van der Waals surface area contributed by atoms with Crippen molar-refractivity contribution in [1.29, 1.82) is 0 Å². The fourth-order valence-corrected chi connectivity index (χ4v) is 5.35. The monoisotopic (exact) mass is 637 g/mol. The van der Waals surface area contributed by atoms with Crippen molar-refractivity contribution in [2.75, 3.05) is 26.9 Å². The number of nitrogens with zero attached hydrogens (tertiary/aromatic N) is 2. The number of carbonyl (C=O) groups excluding carboxylic acids is 5. The minimum absolute atomic E-state index is 0.147. The summed E-state index contributed by atoms with van der Waals surface area (Å²) < 4.78 is 15.5. The van der Waals surface area contributed by atoms with Crippen molar-refractivity contribution in [3.63, 3.8) is 0 Å². The van der Waals surface area contributed by atoms with Gasteiger partial charge in [0.1, 0.15) is 29.6 Å². The summed E-state index contributed by atoms with van der Waals surface area (Å²) in [6.45, 7) is 8.97. The van der Waals surface area contributed by atoms with E-state index in [2.05, 4.69) is 21.0 Å². The highest BCUT2D eigenvalue weighted by Gasteiger charge is 2.45. The van der Waals surface area contributed by atoms with Gasteiger partial charge in [0, 0.05) is 18.9 Å². The lowest BCUT2D eigenvalue weighted by molar-refractivity contribution is -0.154. The minimum Gasteiger partial charge on any atom is -0.468 e. The van der Waals surface area contributed by atoms with Gasteiger partial charge < -0.3 is 24.8 Å². The molecule has 1 aromatic heterocycles. The first kappa shape index (κ1) is 34.5. The number of hydrazine groups is 1. The predicted octanol–water partition coefficient (Wildman–Crippen LogP) is 2.20. The number of rotatable bonds is 11. The van der Waals surface area contributed by atoms with E-state index in [1.54, 1.807) is 19.9 Å². The number of hydrogen-bond acceptors (Lipinski definition) is 10. The molecule has 1 aromatic carbocycles. The van der Waals surface area contributed by atoms with Crippen LogP contribution < -0.4 is 16.1 Å². The van der Waals surface area contributed by atoms with Crippen molar-refractivity contribution in [2.45, 2.75) is 71.7 Å². The van der Waals surface area contributed by atoms with Crippen LogP contribution in [0.4, 0.5) is 0 Å². The number of benzene rings is 1. The van der Waals surface area contributed by atoms with Crippen LogP contribution in [0.2, 0.25) is 0 Å². The van der Waals surface area contributed by atoms with Crippen LogP contribution in [0.3, 0.4) is 0 Å². The summed E-state index contributed by atoms with van der Waals surface area (Å²) in [6.07, 6.45) is 4.25. The highest BCUT2D eigenvalue weighted by atomic mass is 16.5. The number of amides is 3. The number of aromatic nitrogens is 1. The van der Waals surface area contributed by atoms with Gasteiger partial charge in [0.05, 0.1) is 31.5 Å². The Morgan fingerprint density at radius 1 is 1.09 bits per heavy atom. The summed E-state index contributed by atoms with van der Waals surface area (Å²) >= 11 is 0. The highest BCUT2D eigenvalue weighted by Crippen LogP contribution is 2.31. The zero-order valence-corrected chi connectivity index (χ0v) is 27.1. The lowest BCUT2D eigenvalue weighted by Crippen LogP contribution is -2.62. The van der Waals surface area contributed by atoms with Crippen molar-refractivity contribution in [2.24, 2.45) is 11.3 Å². The Hall–Kier alpha value is -4.36. The molecule has 0 bridgehead atoms. The van der Waals surface area contributed by atoms with Crippen LogP contribution in [0.15, 0.2) is 36.4 Å². The molecule has 3 unspecified atom stereocenters. The Morgan fingerprint density at radius 2 is 1.80 bits per heavy atom. The molecule has 3 heterocycles. The van der Waals surface area contributed by atoms with Gasteiger partial charge in [0.15, 0.2) is 0 Å². The van der Waals surface area contributed by atoms with E-state index in [9.17, 15) is 24.0 Å². The average molecular weight is 638 g/mol. The number of hydrogen-bond donors (Lipinski definition) is 3. The lowest BCUT2D eigenvalue weighted by Gasteiger charge is -2.39. The molecule has 13 heteroatoms. The van der Waals surface area contributed by atoms with Crippen LogP contribution >= 0.6 is 0 Å². The Bertz CT molecular complexity index is 1500. The van der Waals surface area contributed by atoms with E-state index in [1.165, 1.54) is 19.0 Å². The third-order valence-electron chi connectivity index (χ3n) is 8.17. The molecule has 4 rings (SSSR count). The molecule has 3 N–H and O–H groups in total. The molecule has 0 aliphatic carbocycles. The fourth-order valence-electron chi connectivity index (χ4n) is 5.35. The van der Waals surface area contributed by atoms with Crippen LogP contribution in [0, 0.1) is 11.3 Å². The molecule has 4 atom stereocenters. The zero-order valence-electron chi connectivity index (χ0n) is 27.1. The van der Waals surface area contributed by atoms with Crippen molar-refractivity contribution >= 4 is 46.6 Å². The van der Waals surface area contributed by atoms with Crippen molar-refractivity contribution in [1.82, 2.24) is 26.1 Å². The van der Waals surface area contributed by atoms with E-state index in [-0.39, 0.29) is 31.0 Å². The van der Waals surface area contributed by atoms with Gasteiger partial charge in [-0.2, -0.15) is 0 Å². The Balaban J connectivity index is 1.42. The second-order valence-corrected chi connectivity index (χ2v) is 12.2. The molecule has 0 saturated carbocycles. The molecule has 2 aromatic rings. The number of nitrogens with one attached hydrogen (secondary N) is 3. The van der Waals surface area contributed by atoms with Gasteiger partial charge in [0.2, 0.25) is 11.8 Å². The summed E-state index contributed by atoms with van der Waals surface area (Å²) in [6, 6.07) is 6.99. The molecule has 0 spiro atoms. The molecule has 2 aliphatic heterocycles. The summed E-state index contributed by atoms with van der Waals surface area (Å²) in [7, 11) is 1.29. The first-order valence-electron chi connectivity index (χ1n) is 15.4. The van der Waals surface area contributed by atoms with Crippen LogP contribution in [0.5, 0.6) is 0 Å². The van der Waals surface area contributed by atoms with Crippen molar-refractivity contribution in [3.05, 3.63) is 47.7 Å². The van der Waals surface area contributed by atoms with Crippen molar-refractivity contribution in [3.8, 4) is 0 Å². The van der Waals surface area contributed by atoms with Gasteiger partial charge in [-0.3, -0.25) is 29.0 Å². The molecular formula is C33H43N5O8. The molecule has 13 nitrogen and oxygen atoms in total. The molecule has 2 aliphatic rings. The fraction of sp³-hybridized carbons (Fsp3) is 0.515. The summed E-state index contributed by atoms with van der Waals surface area (Å²) in [5.41, 5.74) is 4.03. The quantitative estimate of drug-likeness (QED) is 0.311. The van der Waals surface area contributed by atoms with E-state index in [1.807, 2.05) is 50.3 Å². The van der Waals surface area contributed by atoms with Crippen LogP contribution in [-0.2, 0) is 38.2 Å². The van der Waals surface area contributed by atoms with E-state index >= 15 is 0 Å². The number of fused-ring (bicyclic) bond motifs is 1. The maximum Gasteiger partial charge on any atom is 0.324 e. The normalized spacial score (nSPS) is 19.5. The molecule has 0 radical (unpaired) electrons. The van der Waals surface area contributed by atoms with Gasteiger partial charge in [0.25, 0.3) is 5.91 Å². The molecule has 2 saturated heterocycles. The molecule has 46 heavy (non-hydrogen) atoms. The van der Waals surface area contributed by atoms with E-state index < -0.39 is 47.4 Å². The summed E-state index contributed by atoms with van der Waals surface area (Å²) in [4.78, 5) is 68.0. The lowest BCUT2D eigenvalue weighted by atomic mass is 9.83. The van der Waals surface area contributed by atoms with Crippen LogP contribution in [-0.4, -0.2) is 84.6 Å². The number of ether oxygens (including phenoxy) is 3. The first-order chi connectivity index (χ1) is 21.8. The third kappa shape index (κ3) is 8.07. The molecule has 3 amide bonds. The smallest absolute Gasteiger partial charge is 0.324 e. The van der Waals surface area contributed by atoms with E-state index in [0.29, 0.717) is 30.6 Å². The van der Waals surface area contributed by atoms with Crippen LogP contribution in [0.25, 0.3) is 17.0 Å². The van der Waals surface area contributed by atoms with Gasteiger partial charge in [-0.25, -0.2) is 10.4 Å². The SMILES string of the molecule is COC(=O)C1CCCN(C(=O)C(C)NC(=O)C(NC(=O)C2(/C=C/c3ccc4ccc([C@@H](C)OC(C)=O)nc4c3)COC2)C(C)C)N1. The second-order valence-electron chi connectivity index (χ2n) is 12.2. The first-order valence-corrected chi connectivity index (χ1v) is 15.4. The number of methoxy groups -OCH3 is 1. The average Bonchev–Trinajstić information content (AvgIpc) is 3.01. The van der Waals surface area contributed by atoms with E-state index in [4.69, 9.17) is 14.2 Å². The molecular weight excluding hydrogens is 594 g/mol. The summed E-state index contributed by atoms with van der Waals surface area (Å²) in [5.74, 6) is -2.39. The Morgan fingerprint density at radius 3 is 2.43 bits per heavy atom. The van der Waals surface area contributed by atoms with Crippen LogP contribution in [0.1, 0.15) is 64.8 Å². The van der Waals surface area contributed by atoms with Gasteiger partial charge in [-0.05, 0) is 50.3 Å². The predicted molar refractivity (Wildman–Crippen MR) is 168 cm³/mol. The highest BCUT2D eigenvalue weighted by molar-refractivity contribution is 5.94. The number of esters is 2. The Labute approximate surface area is 268 Å². The second kappa shape index (κ2) is 14.8. The van der Waals surface area contributed by atoms with Gasteiger partial charge in [-0.15, -0.1) is 0 Å². The minimum atomic E-state index is -0.983. The number of pyridine rings is 1. The third-order valence-corrected chi connectivity index (χ3v) is 8.17. The molecule has 2 fully saturated rings. The number of carbonyl (C=O) groups is 5. The molecule has 248 valence electrons. The maximum atomic E-state index is 13.6. The Kier molecular flexibility index (Phi) is 11.1.